The highest BCUT2D eigenvalue weighted by molar-refractivity contribution is 5.38. The van der Waals surface area contributed by atoms with E-state index in [1.807, 2.05) is 18.3 Å². The smallest absolute Gasteiger partial charge is 0.123 e. The molecule has 0 bridgehead atoms. The van der Waals surface area contributed by atoms with Crippen LogP contribution in [-0.4, -0.2) is 39.7 Å². The number of rotatable bonds is 2. The van der Waals surface area contributed by atoms with Crippen molar-refractivity contribution in [2.45, 2.75) is 44.9 Å². The quantitative estimate of drug-likeness (QED) is 0.770. The third-order valence-electron chi connectivity index (χ3n) is 5.27. The number of alkyl halides is 1. The summed E-state index contributed by atoms with van der Waals surface area (Å²) < 4.78 is 27.9. The lowest BCUT2D eigenvalue weighted by molar-refractivity contribution is -0.000469. The molecule has 0 N–H and O–H groups in total. The van der Waals surface area contributed by atoms with Crippen LogP contribution in [0.1, 0.15) is 38.8 Å². The van der Waals surface area contributed by atoms with Crippen LogP contribution >= 0.6 is 0 Å². The standard InChI is InChI=1S/C21H25F2N3/c1-21(2,3)26-10-8-19-13-18(7-9-25(19)26)24-14-17(23)12-20(24)15-5-4-6-16(22)11-15/h4-9,11,13,17,20H,10,12,14H2,1-3H3/t17-,20+/m0/s1. The predicted octanol–water partition coefficient (Wildman–Crippen LogP) is 4.54. The Kier molecular flexibility index (Phi) is 4.14. The molecular formula is C21H25F2N3. The summed E-state index contributed by atoms with van der Waals surface area (Å²) >= 11 is 0. The molecule has 4 rings (SSSR count). The van der Waals surface area contributed by atoms with Gasteiger partial charge in [0.25, 0.3) is 0 Å². The molecule has 1 aromatic carbocycles. The first-order chi connectivity index (χ1) is 12.3. The molecule has 2 atom stereocenters. The van der Waals surface area contributed by atoms with Gasteiger partial charge in [-0.05, 0) is 56.7 Å². The van der Waals surface area contributed by atoms with Crippen molar-refractivity contribution in [3.05, 3.63) is 71.5 Å². The van der Waals surface area contributed by atoms with E-state index in [0.29, 0.717) is 13.0 Å². The van der Waals surface area contributed by atoms with E-state index < -0.39 is 6.17 Å². The van der Waals surface area contributed by atoms with E-state index >= 15 is 0 Å². The average molecular weight is 357 g/mol. The molecule has 3 aliphatic rings. The normalized spacial score (nSPS) is 26.2. The minimum Gasteiger partial charge on any atom is -0.361 e. The van der Waals surface area contributed by atoms with E-state index in [0.717, 1.165) is 23.5 Å². The van der Waals surface area contributed by atoms with Crippen molar-refractivity contribution in [2.75, 3.05) is 13.1 Å². The number of benzene rings is 1. The summed E-state index contributed by atoms with van der Waals surface area (Å²) in [5.74, 6) is -0.275. The van der Waals surface area contributed by atoms with Crippen molar-refractivity contribution >= 4 is 0 Å². The summed E-state index contributed by atoms with van der Waals surface area (Å²) in [7, 11) is 0. The first-order valence-electron chi connectivity index (χ1n) is 9.16. The summed E-state index contributed by atoms with van der Waals surface area (Å²) in [6, 6.07) is 6.39. The molecule has 138 valence electrons. The molecule has 0 spiro atoms. The number of halogens is 2. The number of allylic oxidation sites excluding steroid dienone is 2. The Morgan fingerprint density at radius 3 is 2.69 bits per heavy atom. The van der Waals surface area contributed by atoms with Gasteiger partial charge in [0.15, 0.2) is 0 Å². The van der Waals surface area contributed by atoms with E-state index in [2.05, 4.69) is 47.8 Å². The van der Waals surface area contributed by atoms with Crippen molar-refractivity contribution in [3.8, 4) is 0 Å². The molecule has 3 aliphatic heterocycles. The second kappa shape index (κ2) is 6.23. The van der Waals surface area contributed by atoms with Crippen molar-refractivity contribution < 1.29 is 8.78 Å². The maximum absolute atomic E-state index is 14.2. The maximum atomic E-state index is 14.2. The SMILES string of the molecule is CC(C)(C)N1CC=C2C=C(N3C[C@@H](F)C[C@@H]3c3cccc(F)c3)C=CN21. The molecule has 0 aliphatic carbocycles. The van der Waals surface area contributed by atoms with Crippen LogP contribution in [0.15, 0.2) is 60.1 Å². The van der Waals surface area contributed by atoms with Crippen molar-refractivity contribution in [1.29, 1.82) is 0 Å². The highest BCUT2D eigenvalue weighted by Gasteiger charge is 2.37. The number of likely N-dealkylation sites (tertiary alicyclic amines) is 1. The molecule has 0 unspecified atom stereocenters. The summed E-state index contributed by atoms with van der Waals surface area (Å²) in [5, 5.41) is 4.45. The zero-order chi connectivity index (χ0) is 18.5. The fourth-order valence-electron chi connectivity index (χ4n) is 4.01. The summed E-state index contributed by atoms with van der Waals surface area (Å²) in [6.45, 7) is 7.75. The molecule has 1 fully saturated rings. The largest absolute Gasteiger partial charge is 0.361 e. The Labute approximate surface area is 153 Å². The molecule has 0 aromatic heterocycles. The molecule has 1 aromatic rings. The van der Waals surface area contributed by atoms with Crippen LogP contribution in [0, 0.1) is 5.82 Å². The van der Waals surface area contributed by atoms with Crippen LogP contribution in [0.5, 0.6) is 0 Å². The van der Waals surface area contributed by atoms with E-state index in [4.69, 9.17) is 0 Å². The predicted molar refractivity (Wildman–Crippen MR) is 99.0 cm³/mol. The Hall–Kier alpha value is -2.14. The second-order valence-electron chi connectivity index (χ2n) is 8.17. The highest BCUT2D eigenvalue weighted by Crippen LogP contribution is 2.39. The molecule has 0 amide bonds. The lowest BCUT2D eigenvalue weighted by atomic mass is 10.0. The summed E-state index contributed by atoms with van der Waals surface area (Å²) in [5.41, 5.74) is 2.95. The zero-order valence-corrected chi connectivity index (χ0v) is 15.5. The maximum Gasteiger partial charge on any atom is 0.123 e. The van der Waals surface area contributed by atoms with Crippen LogP contribution in [-0.2, 0) is 0 Å². The van der Waals surface area contributed by atoms with Crippen LogP contribution in [0.25, 0.3) is 0 Å². The van der Waals surface area contributed by atoms with Gasteiger partial charge in [-0.25, -0.2) is 13.8 Å². The number of fused-ring (bicyclic) bond motifs is 1. The van der Waals surface area contributed by atoms with E-state index in [1.54, 1.807) is 6.07 Å². The van der Waals surface area contributed by atoms with Crippen molar-refractivity contribution in [1.82, 2.24) is 14.9 Å². The third-order valence-corrected chi connectivity index (χ3v) is 5.27. The minimum absolute atomic E-state index is 0.0235. The van der Waals surface area contributed by atoms with Crippen LogP contribution < -0.4 is 0 Å². The van der Waals surface area contributed by atoms with Gasteiger partial charge < -0.3 is 4.90 Å². The van der Waals surface area contributed by atoms with Gasteiger partial charge in [-0.1, -0.05) is 12.1 Å². The van der Waals surface area contributed by atoms with E-state index in [9.17, 15) is 8.78 Å². The van der Waals surface area contributed by atoms with Gasteiger partial charge in [0.2, 0.25) is 0 Å². The monoisotopic (exact) mass is 357 g/mol. The Bertz CT molecular complexity index is 791. The molecule has 3 nitrogen and oxygen atoms in total. The van der Waals surface area contributed by atoms with Gasteiger partial charge in [-0.15, -0.1) is 0 Å². The molecule has 26 heavy (non-hydrogen) atoms. The van der Waals surface area contributed by atoms with E-state index in [-0.39, 0.29) is 17.4 Å². The lowest BCUT2D eigenvalue weighted by Crippen LogP contribution is -2.47. The van der Waals surface area contributed by atoms with Gasteiger partial charge in [0, 0.05) is 36.9 Å². The molecule has 0 radical (unpaired) electrons. The van der Waals surface area contributed by atoms with Gasteiger partial charge in [-0.2, -0.15) is 0 Å². The topological polar surface area (TPSA) is 9.72 Å². The van der Waals surface area contributed by atoms with Crippen LogP contribution in [0.2, 0.25) is 0 Å². The number of hydrazine groups is 1. The fraction of sp³-hybridized carbons (Fsp3) is 0.429. The Morgan fingerprint density at radius 1 is 1.15 bits per heavy atom. The first-order valence-corrected chi connectivity index (χ1v) is 9.16. The van der Waals surface area contributed by atoms with E-state index in [1.165, 1.54) is 12.1 Å². The minimum atomic E-state index is -0.903. The number of nitrogens with zero attached hydrogens (tertiary/aromatic N) is 3. The lowest BCUT2D eigenvalue weighted by Gasteiger charge is -2.41. The van der Waals surface area contributed by atoms with Crippen molar-refractivity contribution in [3.63, 3.8) is 0 Å². The van der Waals surface area contributed by atoms with Gasteiger partial charge in [0.05, 0.1) is 11.7 Å². The van der Waals surface area contributed by atoms with Crippen LogP contribution in [0.4, 0.5) is 8.78 Å². The fourth-order valence-corrected chi connectivity index (χ4v) is 4.01. The number of hydrogen-bond donors (Lipinski definition) is 0. The number of hydrogen-bond acceptors (Lipinski definition) is 3. The van der Waals surface area contributed by atoms with Gasteiger partial charge >= 0.3 is 0 Å². The highest BCUT2D eigenvalue weighted by atomic mass is 19.1. The second-order valence-corrected chi connectivity index (χ2v) is 8.17. The molecular weight excluding hydrogens is 332 g/mol. The average Bonchev–Trinajstić information content (AvgIpc) is 3.17. The molecule has 1 saturated heterocycles. The zero-order valence-electron chi connectivity index (χ0n) is 15.5. The van der Waals surface area contributed by atoms with Crippen molar-refractivity contribution in [2.24, 2.45) is 0 Å². The first kappa shape index (κ1) is 17.3. The summed E-state index contributed by atoms with van der Waals surface area (Å²) in [4.78, 5) is 2.06. The van der Waals surface area contributed by atoms with Crippen LogP contribution in [0.3, 0.4) is 0 Å². The molecule has 0 saturated carbocycles. The van der Waals surface area contributed by atoms with Gasteiger partial charge in [-0.3, -0.25) is 5.01 Å². The Morgan fingerprint density at radius 2 is 1.96 bits per heavy atom. The van der Waals surface area contributed by atoms with Gasteiger partial charge in [0.1, 0.15) is 12.0 Å². The summed E-state index contributed by atoms with van der Waals surface area (Å²) in [6.07, 6.45) is 7.87. The molecule has 3 heterocycles. The third kappa shape index (κ3) is 3.05. The Balaban J connectivity index is 1.61. The molecule has 5 heteroatoms.